The van der Waals surface area contributed by atoms with E-state index in [-0.39, 0.29) is 21.2 Å². The number of carboxylic acids is 1. The Morgan fingerprint density at radius 3 is 2.19 bits per heavy atom. The molecule has 0 amide bonds. The van der Waals surface area contributed by atoms with Crippen molar-refractivity contribution >= 4 is 48.9 Å². The van der Waals surface area contributed by atoms with Gasteiger partial charge in [0.15, 0.2) is 0 Å². The Balaban J connectivity index is 3.74. The molecule has 0 aliphatic carbocycles. The number of benzene rings is 1. The maximum Gasteiger partial charge on any atom is 0.336 e. The third kappa shape index (κ3) is 2.43. The van der Waals surface area contributed by atoms with Crippen molar-refractivity contribution in [2.75, 3.05) is 0 Å². The number of hydrogen-bond acceptors (Lipinski definition) is 3. The highest BCUT2D eigenvalue weighted by atomic mass is 35.7. The van der Waals surface area contributed by atoms with E-state index >= 15 is 0 Å². The van der Waals surface area contributed by atoms with Crippen LogP contribution in [0.2, 0.25) is 10.0 Å². The first-order valence-corrected chi connectivity index (χ1v) is 6.89. The minimum absolute atomic E-state index is 0.138. The molecular weight excluding hydrogens is 299 g/mol. The van der Waals surface area contributed by atoms with E-state index < -0.39 is 19.9 Å². The lowest BCUT2D eigenvalue weighted by Gasteiger charge is -2.08. The van der Waals surface area contributed by atoms with Gasteiger partial charge in [0, 0.05) is 10.7 Å². The molecular formula is C8H5Cl3O4S. The van der Waals surface area contributed by atoms with E-state index in [1.54, 1.807) is 0 Å². The van der Waals surface area contributed by atoms with Gasteiger partial charge in [-0.1, -0.05) is 23.2 Å². The third-order valence-corrected chi connectivity index (χ3v) is 4.33. The molecule has 0 fully saturated rings. The lowest BCUT2D eigenvalue weighted by atomic mass is 10.1. The Morgan fingerprint density at radius 1 is 1.31 bits per heavy atom. The molecule has 0 bridgehead atoms. The SMILES string of the molecule is Cc1c(C(=O)O)cc(S(=O)(=O)Cl)c(Cl)c1Cl. The Labute approximate surface area is 106 Å². The molecule has 0 aromatic heterocycles. The zero-order valence-corrected chi connectivity index (χ0v) is 10.9. The average molecular weight is 304 g/mol. The summed E-state index contributed by atoms with van der Waals surface area (Å²) in [6, 6.07) is 0.883. The van der Waals surface area contributed by atoms with Gasteiger partial charge in [0.25, 0.3) is 9.05 Å². The fourth-order valence-electron chi connectivity index (χ4n) is 1.09. The standard InChI is InChI=1S/C8H5Cl3O4S/c1-3-4(8(12)13)2-5(16(11,14)15)7(10)6(3)9/h2H,1H3,(H,12,13). The molecule has 0 atom stereocenters. The second-order valence-corrected chi connectivity index (χ2v) is 6.21. The zero-order valence-electron chi connectivity index (χ0n) is 7.79. The van der Waals surface area contributed by atoms with Crippen LogP contribution in [0.1, 0.15) is 15.9 Å². The monoisotopic (exact) mass is 302 g/mol. The highest BCUT2D eigenvalue weighted by Crippen LogP contribution is 2.35. The normalized spacial score (nSPS) is 11.5. The molecule has 0 unspecified atom stereocenters. The van der Waals surface area contributed by atoms with E-state index in [4.69, 9.17) is 39.0 Å². The molecule has 0 heterocycles. The summed E-state index contributed by atoms with van der Waals surface area (Å²) in [7, 11) is 0.965. The van der Waals surface area contributed by atoms with Crippen molar-refractivity contribution in [2.45, 2.75) is 11.8 Å². The molecule has 0 aliphatic heterocycles. The predicted octanol–water partition coefficient (Wildman–Crippen LogP) is 2.93. The topological polar surface area (TPSA) is 71.4 Å². The van der Waals surface area contributed by atoms with Crippen molar-refractivity contribution in [1.82, 2.24) is 0 Å². The third-order valence-electron chi connectivity index (χ3n) is 1.91. The molecule has 16 heavy (non-hydrogen) atoms. The number of halogens is 3. The van der Waals surface area contributed by atoms with Crippen LogP contribution >= 0.6 is 33.9 Å². The van der Waals surface area contributed by atoms with Crippen LogP contribution in [0.3, 0.4) is 0 Å². The van der Waals surface area contributed by atoms with Crippen molar-refractivity contribution in [2.24, 2.45) is 0 Å². The van der Waals surface area contributed by atoms with Crippen molar-refractivity contribution < 1.29 is 18.3 Å². The van der Waals surface area contributed by atoms with Crippen molar-refractivity contribution in [3.8, 4) is 0 Å². The molecule has 1 N–H and O–H groups in total. The maximum absolute atomic E-state index is 11.1. The maximum atomic E-state index is 11.1. The van der Waals surface area contributed by atoms with Crippen LogP contribution in [0.25, 0.3) is 0 Å². The molecule has 1 rings (SSSR count). The van der Waals surface area contributed by atoms with Gasteiger partial charge in [0.05, 0.1) is 15.6 Å². The summed E-state index contributed by atoms with van der Waals surface area (Å²) in [5.74, 6) is -1.31. The Hall–Kier alpha value is -0.490. The summed E-state index contributed by atoms with van der Waals surface area (Å²) in [6.45, 7) is 1.42. The predicted molar refractivity (Wildman–Crippen MR) is 61.2 cm³/mol. The largest absolute Gasteiger partial charge is 0.478 e. The molecule has 0 saturated carbocycles. The lowest BCUT2D eigenvalue weighted by molar-refractivity contribution is 0.0696. The number of aromatic carboxylic acids is 1. The van der Waals surface area contributed by atoms with Gasteiger partial charge in [0.1, 0.15) is 4.90 Å². The van der Waals surface area contributed by atoms with Gasteiger partial charge < -0.3 is 5.11 Å². The summed E-state index contributed by atoms with van der Waals surface area (Å²) in [5, 5.41) is 8.41. The highest BCUT2D eigenvalue weighted by molar-refractivity contribution is 8.13. The quantitative estimate of drug-likeness (QED) is 0.853. The smallest absolute Gasteiger partial charge is 0.336 e. The van der Waals surface area contributed by atoms with E-state index in [0.29, 0.717) is 0 Å². The van der Waals surface area contributed by atoms with E-state index in [1.807, 2.05) is 0 Å². The molecule has 8 heteroatoms. The van der Waals surface area contributed by atoms with Gasteiger partial charge in [-0.25, -0.2) is 13.2 Å². The van der Waals surface area contributed by atoms with Crippen LogP contribution in [0.5, 0.6) is 0 Å². The fourth-order valence-corrected chi connectivity index (χ4v) is 2.91. The van der Waals surface area contributed by atoms with Crippen molar-refractivity contribution in [1.29, 1.82) is 0 Å². The summed E-state index contributed by atoms with van der Waals surface area (Å²) >= 11 is 11.4. The first kappa shape index (κ1) is 13.6. The second-order valence-electron chi connectivity index (χ2n) is 2.92. The van der Waals surface area contributed by atoms with Crippen LogP contribution in [0, 0.1) is 6.92 Å². The Bertz CT molecular complexity index is 565. The summed E-state index contributed by atoms with van der Waals surface area (Å²) in [6.07, 6.45) is 0. The molecule has 1 aromatic rings. The Morgan fingerprint density at radius 2 is 1.81 bits per heavy atom. The van der Waals surface area contributed by atoms with E-state index in [1.165, 1.54) is 6.92 Å². The van der Waals surface area contributed by atoms with Crippen LogP contribution < -0.4 is 0 Å². The summed E-state index contributed by atoms with van der Waals surface area (Å²) in [5.41, 5.74) is -0.0724. The van der Waals surface area contributed by atoms with Gasteiger partial charge in [-0.15, -0.1) is 0 Å². The summed E-state index contributed by atoms with van der Waals surface area (Å²) < 4.78 is 22.2. The van der Waals surface area contributed by atoms with Crippen molar-refractivity contribution in [3.63, 3.8) is 0 Å². The first-order chi connectivity index (χ1) is 7.16. The average Bonchev–Trinajstić information content (AvgIpc) is 2.11. The Kier molecular flexibility index (Phi) is 3.74. The second kappa shape index (κ2) is 4.41. The molecule has 88 valence electrons. The molecule has 1 aromatic carbocycles. The molecule has 0 saturated heterocycles. The van der Waals surface area contributed by atoms with Crippen LogP contribution in [0.15, 0.2) is 11.0 Å². The number of rotatable bonds is 2. The first-order valence-electron chi connectivity index (χ1n) is 3.82. The van der Waals surface area contributed by atoms with Gasteiger partial charge >= 0.3 is 5.97 Å². The number of hydrogen-bond donors (Lipinski definition) is 1. The van der Waals surface area contributed by atoms with Crippen LogP contribution in [-0.2, 0) is 9.05 Å². The molecule has 0 aliphatic rings. The zero-order chi connectivity index (χ0) is 12.7. The van der Waals surface area contributed by atoms with Gasteiger partial charge in [-0.05, 0) is 18.6 Å². The van der Waals surface area contributed by atoms with Crippen LogP contribution in [-0.4, -0.2) is 19.5 Å². The van der Waals surface area contributed by atoms with E-state index in [2.05, 4.69) is 0 Å². The summed E-state index contributed by atoms with van der Waals surface area (Å²) in [4.78, 5) is 10.3. The van der Waals surface area contributed by atoms with Gasteiger partial charge in [-0.2, -0.15) is 0 Å². The highest BCUT2D eigenvalue weighted by Gasteiger charge is 2.23. The molecule has 4 nitrogen and oxygen atoms in total. The minimum Gasteiger partial charge on any atom is -0.478 e. The minimum atomic E-state index is -4.14. The number of carboxylic acid groups (broad SMARTS) is 1. The van der Waals surface area contributed by atoms with Gasteiger partial charge in [-0.3, -0.25) is 0 Å². The van der Waals surface area contributed by atoms with E-state index in [0.717, 1.165) is 6.07 Å². The van der Waals surface area contributed by atoms with E-state index in [9.17, 15) is 13.2 Å². The molecule has 0 spiro atoms. The van der Waals surface area contributed by atoms with Crippen LogP contribution in [0.4, 0.5) is 0 Å². The fraction of sp³-hybridized carbons (Fsp3) is 0.125. The number of carbonyl (C=O) groups is 1. The molecule has 0 radical (unpaired) electrons. The van der Waals surface area contributed by atoms with Crippen molar-refractivity contribution in [3.05, 3.63) is 27.2 Å². The van der Waals surface area contributed by atoms with Gasteiger partial charge in [0.2, 0.25) is 0 Å². The lowest BCUT2D eigenvalue weighted by Crippen LogP contribution is -2.04.